The summed E-state index contributed by atoms with van der Waals surface area (Å²) in [5.74, 6) is 0. The van der Waals surface area contributed by atoms with E-state index in [1.54, 1.807) is 0 Å². The molecule has 0 saturated carbocycles. The van der Waals surface area contributed by atoms with Crippen molar-refractivity contribution in [3.8, 4) is 44.5 Å². The van der Waals surface area contributed by atoms with Crippen LogP contribution in [0.5, 0.6) is 0 Å². The zero-order valence-electron chi connectivity index (χ0n) is 33.1. The number of furan rings is 2. The van der Waals surface area contributed by atoms with Crippen molar-refractivity contribution < 1.29 is 8.83 Å². The number of nitrogens with zero attached hydrogens (tertiary/aromatic N) is 1. The third-order valence-electron chi connectivity index (χ3n) is 12.1. The van der Waals surface area contributed by atoms with Crippen LogP contribution in [0.1, 0.15) is 0 Å². The van der Waals surface area contributed by atoms with Crippen LogP contribution in [0.3, 0.4) is 0 Å². The average Bonchev–Trinajstić information content (AvgIpc) is 3.92. The van der Waals surface area contributed by atoms with Crippen molar-refractivity contribution in [1.82, 2.24) is 0 Å². The van der Waals surface area contributed by atoms with E-state index in [2.05, 4.69) is 211 Å². The Morgan fingerprint density at radius 1 is 0.279 bits per heavy atom. The van der Waals surface area contributed by atoms with Gasteiger partial charge < -0.3 is 13.7 Å². The van der Waals surface area contributed by atoms with Gasteiger partial charge in [0.15, 0.2) is 0 Å². The highest BCUT2D eigenvalue weighted by Gasteiger charge is 2.22. The molecule has 3 heteroatoms. The molecule has 2 heterocycles. The molecule has 12 rings (SSSR count). The molecule has 2 aromatic heterocycles. The molecule has 0 bridgehead atoms. The summed E-state index contributed by atoms with van der Waals surface area (Å²) in [5.41, 5.74) is 15.8. The molecule has 12 aromatic rings. The Kier molecular flexibility index (Phi) is 8.17. The van der Waals surface area contributed by atoms with Crippen LogP contribution in [0.25, 0.3) is 99.2 Å². The summed E-state index contributed by atoms with van der Waals surface area (Å²) in [6.45, 7) is 0. The second-order valence-electron chi connectivity index (χ2n) is 15.6. The first kappa shape index (κ1) is 34.9. The molecule has 0 spiro atoms. The van der Waals surface area contributed by atoms with Gasteiger partial charge in [-0.2, -0.15) is 0 Å². The van der Waals surface area contributed by atoms with Crippen molar-refractivity contribution in [2.75, 3.05) is 4.90 Å². The minimum absolute atomic E-state index is 0.837. The largest absolute Gasteiger partial charge is 0.456 e. The predicted molar refractivity (Wildman–Crippen MR) is 255 cm³/mol. The van der Waals surface area contributed by atoms with E-state index in [9.17, 15) is 0 Å². The van der Waals surface area contributed by atoms with Gasteiger partial charge in [0.05, 0.1) is 0 Å². The molecule has 0 aliphatic carbocycles. The van der Waals surface area contributed by atoms with Gasteiger partial charge in [-0.3, -0.25) is 0 Å². The molecule has 61 heavy (non-hydrogen) atoms. The summed E-state index contributed by atoms with van der Waals surface area (Å²) in [6, 6.07) is 79.8. The molecule has 10 aromatic carbocycles. The topological polar surface area (TPSA) is 29.5 Å². The van der Waals surface area contributed by atoms with Crippen LogP contribution in [0.15, 0.2) is 233 Å². The maximum absolute atomic E-state index is 6.97. The first-order chi connectivity index (χ1) is 30.2. The van der Waals surface area contributed by atoms with Crippen molar-refractivity contribution >= 4 is 71.7 Å². The molecule has 0 amide bonds. The van der Waals surface area contributed by atoms with Crippen LogP contribution in [0.2, 0.25) is 0 Å². The third kappa shape index (κ3) is 5.98. The Balaban J connectivity index is 1.01. The van der Waals surface area contributed by atoms with E-state index in [-0.39, 0.29) is 0 Å². The summed E-state index contributed by atoms with van der Waals surface area (Å²) in [7, 11) is 0. The van der Waals surface area contributed by atoms with Crippen LogP contribution in [-0.2, 0) is 0 Å². The molecule has 0 aliphatic heterocycles. The molecule has 0 saturated heterocycles. The van der Waals surface area contributed by atoms with Crippen LogP contribution < -0.4 is 4.90 Å². The van der Waals surface area contributed by atoms with Crippen molar-refractivity contribution in [2.45, 2.75) is 0 Å². The lowest BCUT2D eigenvalue weighted by atomic mass is 9.92. The van der Waals surface area contributed by atoms with Gasteiger partial charge in [-0.05, 0) is 116 Å². The number of para-hydroxylation sites is 1. The quantitative estimate of drug-likeness (QED) is 0.161. The lowest BCUT2D eigenvalue weighted by molar-refractivity contribution is 0.663. The number of benzene rings is 10. The first-order valence-electron chi connectivity index (χ1n) is 20.7. The molecular weight excluding hydrogens is 743 g/mol. The standard InChI is InChI=1S/C58H37NO2/c1-3-11-38(12-4-1)41-21-27-46(28-22-41)59(47-29-23-42(24-30-47)39-13-5-2-6-14-39)48-31-25-43(26-32-48)50-34-33-49(45-20-19-40-15-7-8-16-44(40)37-45)56-57-54(61-58(50)56)36-35-53-55(57)51-17-9-10-18-52(51)60-53/h1-37H. The Morgan fingerprint density at radius 3 is 1.41 bits per heavy atom. The maximum atomic E-state index is 6.97. The normalized spacial score (nSPS) is 11.6. The van der Waals surface area contributed by atoms with Crippen LogP contribution in [0.4, 0.5) is 17.1 Å². The van der Waals surface area contributed by atoms with E-state index in [4.69, 9.17) is 8.83 Å². The van der Waals surface area contributed by atoms with Gasteiger partial charge in [-0.1, -0.05) is 158 Å². The minimum atomic E-state index is 0.837. The van der Waals surface area contributed by atoms with E-state index in [1.807, 2.05) is 18.2 Å². The third-order valence-corrected chi connectivity index (χ3v) is 12.1. The molecule has 0 fully saturated rings. The number of anilines is 3. The number of hydrogen-bond donors (Lipinski definition) is 0. The van der Waals surface area contributed by atoms with E-state index >= 15 is 0 Å². The van der Waals surface area contributed by atoms with Crippen molar-refractivity contribution in [3.63, 3.8) is 0 Å². The molecule has 0 radical (unpaired) electrons. The van der Waals surface area contributed by atoms with Gasteiger partial charge in [0, 0.05) is 44.2 Å². The lowest BCUT2D eigenvalue weighted by Gasteiger charge is -2.26. The van der Waals surface area contributed by atoms with Crippen molar-refractivity contribution in [1.29, 1.82) is 0 Å². The highest BCUT2D eigenvalue weighted by Crippen LogP contribution is 2.47. The van der Waals surface area contributed by atoms with Gasteiger partial charge in [0.2, 0.25) is 0 Å². The van der Waals surface area contributed by atoms with Gasteiger partial charge >= 0.3 is 0 Å². The Bertz CT molecular complexity index is 3460. The van der Waals surface area contributed by atoms with Crippen LogP contribution in [0, 0.1) is 0 Å². The second kappa shape index (κ2) is 14.3. The van der Waals surface area contributed by atoms with E-state index in [1.165, 1.54) is 33.0 Å². The summed E-state index contributed by atoms with van der Waals surface area (Å²) >= 11 is 0. The molecule has 0 atom stereocenters. The average molecular weight is 780 g/mol. The lowest BCUT2D eigenvalue weighted by Crippen LogP contribution is -2.09. The zero-order chi connectivity index (χ0) is 40.3. The molecule has 3 nitrogen and oxygen atoms in total. The SMILES string of the molecule is c1ccc(-c2ccc(N(c3ccc(-c4ccccc4)cc3)c3ccc(-c4ccc(-c5ccc6ccccc6c5)c5c4oc4ccc6oc7ccccc7c6c45)cc3)cc2)cc1. The van der Waals surface area contributed by atoms with E-state index in [0.717, 1.165) is 83.2 Å². The van der Waals surface area contributed by atoms with Crippen molar-refractivity contribution in [2.24, 2.45) is 0 Å². The van der Waals surface area contributed by atoms with Gasteiger partial charge in [0.25, 0.3) is 0 Å². The molecule has 0 N–H and O–H groups in total. The van der Waals surface area contributed by atoms with Gasteiger partial charge in [-0.25, -0.2) is 0 Å². The molecule has 286 valence electrons. The Morgan fingerprint density at radius 2 is 0.770 bits per heavy atom. The highest BCUT2D eigenvalue weighted by atomic mass is 16.3. The molecular formula is C58H37NO2. The Labute approximate surface area is 353 Å². The second-order valence-corrected chi connectivity index (χ2v) is 15.6. The fourth-order valence-electron chi connectivity index (χ4n) is 9.11. The summed E-state index contributed by atoms with van der Waals surface area (Å²) < 4.78 is 13.4. The highest BCUT2D eigenvalue weighted by molar-refractivity contribution is 6.29. The molecule has 0 unspecified atom stereocenters. The Hall–Kier alpha value is -8.14. The number of rotatable bonds is 7. The van der Waals surface area contributed by atoms with E-state index in [0.29, 0.717) is 0 Å². The predicted octanol–water partition coefficient (Wildman–Crippen LogP) is 16.8. The van der Waals surface area contributed by atoms with Crippen molar-refractivity contribution in [3.05, 3.63) is 224 Å². The summed E-state index contributed by atoms with van der Waals surface area (Å²) in [5, 5.41) is 6.74. The van der Waals surface area contributed by atoms with E-state index < -0.39 is 0 Å². The van der Waals surface area contributed by atoms with Gasteiger partial charge in [-0.15, -0.1) is 0 Å². The first-order valence-corrected chi connectivity index (χ1v) is 20.7. The monoisotopic (exact) mass is 779 g/mol. The number of hydrogen-bond acceptors (Lipinski definition) is 3. The zero-order valence-corrected chi connectivity index (χ0v) is 33.1. The molecule has 0 aliphatic rings. The smallest absolute Gasteiger partial charge is 0.143 e. The van der Waals surface area contributed by atoms with Gasteiger partial charge in [0.1, 0.15) is 22.3 Å². The maximum Gasteiger partial charge on any atom is 0.143 e. The summed E-state index contributed by atoms with van der Waals surface area (Å²) in [4.78, 5) is 2.33. The van der Waals surface area contributed by atoms with Crippen LogP contribution in [-0.4, -0.2) is 0 Å². The minimum Gasteiger partial charge on any atom is -0.456 e. The summed E-state index contributed by atoms with van der Waals surface area (Å²) in [6.07, 6.45) is 0. The van der Waals surface area contributed by atoms with Crippen LogP contribution >= 0.6 is 0 Å². The fourth-order valence-corrected chi connectivity index (χ4v) is 9.11. The fraction of sp³-hybridized carbons (Fsp3) is 0. The number of fused-ring (bicyclic) bond motifs is 8.